The minimum atomic E-state index is -0.227. The van der Waals surface area contributed by atoms with Gasteiger partial charge in [-0.1, -0.05) is 23.2 Å². The predicted molar refractivity (Wildman–Crippen MR) is 105 cm³/mol. The van der Waals surface area contributed by atoms with Crippen LogP contribution in [0, 0.1) is 11.3 Å². The SMILES string of the molecule is CN(c1ccc(C#N)c(Cl)c1)[C@H]1CC[C@H](NC(=O)c2ccc(Cl)nn2)CC1. The van der Waals surface area contributed by atoms with Gasteiger partial charge in [-0.3, -0.25) is 4.79 Å². The summed E-state index contributed by atoms with van der Waals surface area (Å²) in [6.07, 6.45) is 3.66. The summed E-state index contributed by atoms with van der Waals surface area (Å²) < 4.78 is 0. The molecule has 3 rings (SSSR count). The Bertz CT molecular complexity index is 857. The zero-order valence-corrected chi connectivity index (χ0v) is 16.3. The van der Waals surface area contributed by atoms with E-state index in [0.717, 1.165) is 31.4 Å². The standard InChI is InChI=1S/C19H19Cl2N5O/c1-26(15-5-2-12(11-22)16(20)10-15)14-6-3-13(4-7-14)23-19(27)17-8-9-18(21)25-24-17/h2,5,8-10,13-14H,3-4,6-7H2,1H3,(H,23,27)/t13-,14-. The lowest BCUT2D eigenvalue weighted by Crippen LogP contribution is -2.43. The number of nitrogens with one attached hydrogen (secondary N) is 1. The molecule has 1 aliphatic carbocycles. The predicted octanol–water partition coefficient (Wildman–Crippen LogP) is 3.83. The minimum absolute atomic E-state index is 0.115. The first kappa shape index (κ1) is 19.4. The molecule has 6 nitrogen and oxygen atoms in total. The molecule has 1 aromatic carbocycles. The van der Waals surface area contributed by atoms with E-state index >= 15 is 0 Å². The summed E-state index contributed by atoms with van der Waals surface area (Å²) in [5.41, 5.74) is 1.74. The highest BCUT2D eigenvalue weighted by molar-refractivity contribution is 6.32. The van der Waals surface area contributed by atoms with E-state index in [9.17, 15) is 4.79 Å². The van der Waals surface area contributed by atoms with Crippen molar-refractivity contribution in [3.05, 3.63) is 51.8 Å². The number of nitrogens with zero attached hydrogens (tertiary/aromatic N) is 4. The van der Waals surface area contributed by atoms with Gasteiger partial charge in [0.2, 0.25) is 0 Å². The van der Waals surface area contributed by atoms with Crippen molar-refractivity contribution in [3.63, 3.8) is 0 Å². The number of rotatable bonds is 4. The molecule has 0 saturated heterocycles. The third-order valence-corrected chi connectivity index (χ3v) is 5.44. The summed E-state index contributed by atoms with van der Waals surface area (Å²) >= 11 is 11.8. The molecule has 2 aromatic rings. The van der Waals surface area contributed by atoms with Crippen molar-refractivity contribution < 1.29 is 4.79 Å². The molecular formula is C19H19Cl2N5O. The highest BCUT2D eigenvalue weighted by atomic mass is 35.5. The second-order valence-corrected chi connectivity index (χ2v) is 7.40. The molecule has 0 atom stereocenters. The zero-order chi connectivity index (χ0) is 19.4. The third kappa shape index (κ3) is 4.68. The van der Waals surface area contributed by atoms with E-state index in [4.69, 9.17) is 28.5 Å². The molecular weight excluding hydrogens is 385 g/mol. The fourth-order valence-corrected chi connectivity index (χ4v) is 3.65. The normalized spacial score (nSPS) is 19.2. The Labute approximate surface area is 168 Å². The van der Waals surface area contributed by atoms with Crippen LogP contribution in [0.5, 0.6) is 0 Å². The van der Waals surface area contributed by atoms with Crippen molar-refractivity contribution in [1.29, 1.82) is 5.26 Å². The fraction of sp³-hybridized carbons (Fsp3) is 0.368. The zero-order valence-electron chi connectivity index (χ0n) is 14.8. The number of benzene rings is 1. The molecule has 8 heteroatoms. The monoisotopic (exact) mass is 403 g/mol. The van der Waals surface area contributed by atoms with Crippen LogP contribution in [0.1, 0.15) is 41.7 Å². The van der Waals surface area contributed by atoms with Gasteiger partial charge < -0.3 is 10.2 Å². The van der Waals surface area contributed by atoms with Gasteiger partial charge in [0.05, 0.1) is 10.6 Å². The van der Waals surface area contributed by atoms with E-state index in [-0.39, 0.29) is 22.8 Å². The molecule has 1 saturated carbocycles. The molecule has 0 aliphatic heterocycles. The maximum atomic E-state index is 12.3. The fourth-order valence-electron chi connectivity index (χ4n) is 3.33. The Kier molecular flexibility index (Phi) is 6.15. The van der Waals surface area contributed by atoms with E-state index in [1.54, 1.807) is 18.2 Å². The summed E-state index contributed by atoms with van der Waals surface area (Å²) in [6.45, 7) is 0. The summed E-state index contributed by atoms with van der Waals surface area (Å²) in [4.78, 5) is 14.4. The number of nitriles is 1. The molecule has 0 radical (unpaired) electrons. The van der Waals surface area contributed by atoms with Crippen LogP contribution in [-0.4, -0.2) is 35.2 Å². The highest BCUT2D eigenvalue weighted by Gasteiger charge is 2.26. The van der Waals surface area contributed by atoms with Crippen LogP contribution in [0.4, 0.5) is 5.69 Å². The highest BCUT2D eigenvalue weighted by Crippen LogP contribution is 2.29. The molecule has 1 amide bonds. The first-order chi connectivity index (χ1) is 13.0. The molecule has 0 bridgehead atoms. The molecule has 0 unspecified atom stereocenters. The summed E-state index contributed by atoms with van der Waals surface area (Å²) in [7, 11) is 2.03. The van der Waals surface area contributed by atoms with Crippen LogP contribution < -0.4 is 10.2 Å². The second-order valence-electron chi connectivity index (χ2n) is 6.61. The second kappa shape index (κ2) is 8.55. The minimum Gasteiger partial charge on any atom is -0.372 e. The summed E-state index contributed by atoms with van der Waals surface area (Å²) in [6, 6.07) is 11.2. The van der Waals surface area contributed by atoms with Gasteiger partial charge >= 0.3 is 0 Å². The number of carbonyl (C=O) groups excluding carboxylic acids is 1. The molecule has 27 heavy (non-hydrogen) atoms. The van der Waals surface area contributed by atoms with Crippen molar-refractivity contribution in [3.8, 4) is 6.07 Å². The van der Waals surface area contributed by atoms with Gasteiger partial charge in [0.15, 0.2) is 10.8 Å². The van der Waals surface area contributed by atoms with Crippen LogP contribution >= 0.6 is 23.2 Å². The lowest BCUT2D eigenvalue weighted by atomic mass is 9.90. The van der Waals surface area contributed by atoms with Crippen LogP contribution in [0.25, 0.3) is 0 Å². The van der Waals surface area contributed by atoms with E-state index in [1.807, 2.05) is 19.2 Å². The van der Waals surface area contributed by atoms with Gasteiger partial charge in [0.25, 0.3) is 5.91 Å². The van der Waals surface area contributed by atoms with E-state index in [1.165, 1.54) is 0 Å². The number of halogens is 2. The molecule has 1 aromatic heterocycles. The van der Waals surface area contributed by atoms with E-state index in [0.29, 0.717) is 16.6 Å². The first-order valence-corrected chi connectivity index (χ1v) is 9.46. The average molecular weight is 404 g/mol. The molecule has 1 aliphatic rings. The Morgan fingerprint density at radius 1 is 1.19 bits per heavy atom. The van der Waals surface area contributed by atoms with E-state index < -0.39 is 0 Å². The van der Waals surface area contributed by atoms with Crippen molar-refractivity contribution in [2.75, 3.05) is 11.9 Å². The van der Waals surface area contributed by atoms with Crippen molar-refractivity contribution in [2.24, 2.45) is 0 Å². The van der Waals surface area contributed by atoms with Gasteiger partial charge in [0, 0.05) is 24.8 Å². The summed E-state index contributed by atoms with van der Waals surface area (Å²) in [5, 5.41) is 20.3. The van der Waals surface area contributed by atoms with Crippen LogP contribution in [0.15, 0.2) is 30.3 Å². The van der Waals surface area contributed by atoms with Gasteiger partial charge in [0.1, 0.15) is 6.07 Å². The summed E-state index contributed by atoms with van der Waals surface area (Å²) in [5.74, 6) is -0.227. The smallest absolute Gasteiger partial charge is 0.272 e. The van der Waals surface area contributed by atoms with Gasteiger partial charge in [-0.15, -0.1) is 10.2 Å². The molecule has 1 heterocycles. The molecule has 140 valence electrons. The quantitative estimate of drug-likeness (QED) is 0.838. The number of anilines is 1. The van der Waals surface area contributed by atoms with Crippen molar-refractivity contribution in [2.45, 2.75) is 37.8 Å². The molecule has 1 fully saturated rings. The van der Waals surface area contributed by atoms with E-state index in [2.05, 4.69) is 26.5 Å². The number of aromatic nitrogens is 2. The number of hydrogen-bond donors (Lipinski definition) is 1. The molecule has 0 spiro atoms. The number of carbonyl (C=O) groups is 1. The topological polar surface area (TPSA) is 81.9 Å². The largest absolute Gasteiger partial charge is 0.372 e. The van der Waals surface area contributed by atoms with Gasteiger partial charge in [-0.2, -0.15) is 5.26 Å². The maximum absolute atomic E-state index is 12.3. The Balaban J connectivity index is 1.55. The Hall–Kier alpha value is -2.36. The first-order valence-electron chi connectivity index (χ1n) is 8.70. The van der Waals surface area contributed by atoms with Crippen molar-refractivity contribution >= 4 is 34.8 Å². The Morgan fingerprint density at radius 3 is 2.52 bits per heavy atom. The van der Waals surface area contributed by atoms with Crippen LogP contribution in [-0.2, 0) is 0 Å². The van der Waals surface area contributed by atoms with Crippen LogP contribution in [0.3, 0.4) is 0 Å². The Morgan fingerprint density at radius 2 is 1.93 bits per heavy atom. The van der Waals surface area contributed by atoms with Crippen LogP contribution in [0.2, 0.25) is 10.2 Å². The lowest BCUT2D eigenvalue weighted by Gasteiger charge is -2.36. The number of amides is 1. The number of hydrogen-bond acceptors (Lipinski definition) is 5. The third-order valence-electron chi connectivity index (χ3n) is 4.92. The average Bonchev–Trinajstić information content (AvgIpc) is 2.68. The van der Waals surface area contributed by atoms with Gasteiger partial charge in [-0.25, -0.2) is 0 Å². The van der Waals surface area contributed by atoms with Crippen molar-refractivity contribution in [1.82, 2.24) is 15.5 Å². The maximum Gasteiger partial charge on any atom is 0.272 e. The molecule has 1 N–H and O–H groups in total. The van der Waals surface area contributed by atoms with Gasteiger partial charge in [-0.05, 0) is 56.0 Å². The lowest BCUT2D eigenvalue weighted by molar-refractivity contribution is 0.0919.